The summed E-state index contributed by atoms with van der Waals surface area (Å²) >= 11 is 0. The van der Waals surface area contributed by atoms with Gasteiger partial charge >= 0.3 is 0 Å². The number of furan rings is 1. The van der Waals surface area contributed by atoms with E-state index in [2.05, 4.69) is 15.1 Å². The van der Waals surface area contributed by atoms with E-state index < -0.39 is 0 Å². The normalized spacial score (nSPS) is 11.2. The molecule has 23 heavy (non-hydrogen) atoms. The van der Waals surface area contributed by atoms with Crippen LogP contribution in [-0.4, -0.2) is 24.7 Å². The SMILES string of the molecule is Nc1nc(-c2ccc(CO)cc2)cn2nc(-c3ccco3)nc12. The van der Waals surface area contributed by atoms with Crippen LogP contribution in [-0.2, 0) is 6.61 Å². The molecule has 1 aromatic carbocycles. The second-order valence-electron chi connectivity index (χ2n) is 5.05. The van der Waals surface area contributed by atoms with E-state index in [0.717, 1.165) is 11.1 Å². The number of rotatable bonds is 3. The zero-order chi connectivity index (χ0) is 15.8. The van der Waals surface area contributed by atoms with Crippen molar-refractivity contribution in [1.82, 2.24) is 19.6 Å². The topological polar surface area (TPSA) is 102 Å². The first-order valence-corrected chi connectivity index (χ1v) is 7.01. The molecule has 0 saturated heterocycles. The Balaban J connectivity index is 1.82. The van der Waals surface area contributed by atoms with Gasteiger partial charge in [0, 0.05) is 5.56 Å². The summed E-state index contributed by atoms with van der Waals surface area (Å²) in [5.41, 5.74) is 8.88. The minimum atomic E-state index is 0.00443. The summed E-state index contributed by atoms with van der Waals surface area (Å²) in [7, 11) is 0. The number of hydrogen-bond donors (Lipinski definition) is 2. The Bertz CT molecular complexity index is 958. The number of aliphatic hydroxyl groups excluding tert-OH is 1. The van der Waals surface area contributed by atoms with Gasteiger partial charge < -0.3 is 15.3 Å². The van der Waals surface area contributed by atoms with Gasteiger partial charge in [0.2, 0.25) is 5.82 Å². The molecule has 4 rings (SSSR count). The van der Waals surface area contributed by atoms with Gasteiger partial charge in [0.1, 0.15) is 0 Å². The number of nitrogen functional groups attached to an aromatic ring is 1. The molecule has 0 bridgehead atoms. The van der Waals surface area contributed by atoms with Crippen molar-refractivity contribution in [2.45, 2.75) is 6.61 Å². The summed E-state index contributed by atoms with van der Waals surface area (Å²) in [5.74, 6) is 1.32. The third-order valence-corrected chi connectivity index (χ3v) is 3.52. The second kappa shape index (κ2) is 5.22. The Morgan fingerprint density at radius 3 is 2.65 bits per heavy atom. The summed E-state index contributed by atoms with van der Waals surface area (Å²) in [6.07, 6.45) is 3.33. The van der Waals surface area contributed by atoms with E-state index in [4.69, 9.17) is 15.3 Å². The van der Waals surface area contributed by atoms with E-state index in [0.29, 0.717) is 28.7 Å². The Morgan fingerprint density at radius 1 is 1.13 bits per heavy atom. The summed E-state index contributed by atoms with van der Waals surface area (Å²) in [4.78, 5) is 8.74. The number of aromatic nitrogens is 4. The predicted molar refractivity (Wildman–Crippen MR) is 84.3 cm³/mol. The Labute approximate surface area is 131 Å². The molecule has 0 fully saturated rings. The summed E-state index contributed by atoms with van der Waals surface area (Å²) < 4.78 is 6.90. The average Bonchev–Trinajstić information content (AvgIpc) is 3.24. The highest BCUT2D eigenvalue weighted by Gasteiger charge is 2.13. The van der Waals surface area contributed by atoms with Crippen LogP contribution in [0.1, 0.15) is 5.56 Å². The lowest BCUT2D eigenvalue weighted by Gasteiger charge is -2.04. The van der Waals surface area contributed by atoms with Crippen LogP contribution in [0.3, 0.4) is 0 Å². The fourth-order valence-electron chi connectivity index (χ4n) is 2.34. The van der Waals surface area contributed by atoms with Gasteiger partial charge in [0.25, 0.3) is 0 Å². The highest BCUT2D eigenvalue weighted by atomic mass is 16.3. The molecule has 0 aliphatic rings. The summed E-state index contributed by atoms with van der Waals surface area (Å²) in [5, 5.41) is 13.5. The molecule has 3 aromatic heterocycles. The molecule has 0 atom stereocenters. The molecule has 3 heterocycles. The van der Waals surface area contributed by atoms with Crippen LogP contribution in [0, 0.1) is 0 Å². The molecule has 0 radical (unpaired) electrons. The maximum Gasteiger partial charge on any atom is 0.218 e. The van der Waals surface area contributed by atoms with Gasteiger partial charge in [-0.05, 0) is 17.7 Å². The van der Waals surface area contributed by atoms with Crippen molar-refractivity contribution in [2.75, 3.05) is 5.73 Å². The van der Waals surface area contributed by atoms with Gasteiger partial charge in [0.05, 0.1) is 24.8 Å². The van der Waals surface area contributed by atoms with Crippen molar-refractivity contribution < 1.29 is 9.52 Å². The van der Waals surface area contributed by atoms with E-state index >= 15 is 0 Å². The van der Waals surface area contributed by atoms with Crippen molar-refractivity contribution in [1.29, 1.82) is 0 Å². The second-order valence-corrected chi connectivity index (χ2v) is 5.05. The van der Waals surface area contributed by atoms with Gasteiger partial charge in [-0.1, -0.05) is 24.3 Å². The fraction of sp³-hybridized carbons (Fsp3) is 0.0625. The number of nitrogens with zero attached hydrogens (tertiary/aromatic N) is 4. The molecule has 0 amide bonds. The van der Waals surface area contributed by atoms with E-state index in [9.17, 15) is 0 Å². The number of fused-ring (bicyclic) bond motifs is 1. The lowest BCUT2D eigenvalue weighted by molar-refractivity contribution is 0.282. The third kappa shape index (κ3) is 2.33. The standard InChI is InChI=1S/C16H13N5O2/c17-14-16-19-15(13-2-1-7-23-13)20-21(16)8-12(18-14)11-5-3-10(9-22)4-6-11/h1-8,22H,9H2,(H2,17,18). The lowest BCUT2D eigenvalue weighted by Crippen LogP contribution is -2.00. The maximum absolute atomic E-state index is 9.11. The largest absolute Gasteiger partial charge is 0.461 e. The Morgan fingerprint density at radius 2 is 1.96 bits per heavy atom. The van der Waals surface area contributed by atoms with Crippen LogP contribution in [0.15, 0.2) is 53.3 Å². The fourth-order valence-corrected chi connectivity index (χ4v) is 2.34. The van der Waals surface area contributed by atoms with Gasteiger partial charge in [0.15, 0.2) is 17.2 Å². The van der Waals surface area contributed by atoms with Crippen LogP contribution in [0.25, 0.3) is 28.5 Å². The van der Waals surface area contributed by atoms with Gasteiger partial charge in [-0.25, -0.2) is 14.5 Å². The molecule has 3 N–H and O–H groups in total. The van der Waals surface area contributed by atoms with Gasteiger partial charge in [-0.15, -0.1) is 5.10 Å². The smallest absolute Gasteiger partial charge is 0.218 e. The Hall–Kier alpha value is -3.19. The highest BCUT2D eigenvalue weighted by molar-refractivity contribution is 5.69. The first kappa shape index (κ1) is 13.5. The average molecular weight is 307 g/mol. The van der Waals surface area contributed by atoms with E-state index in [1.165, 1.54) is 0 Å². The predicted octanol–water partition coefficient (Wildman–Crippen LogP) is 2.13. The molecule has 0 unspecified atom stereocenters. The zero-order valence-electron chi connectivity index (χ0n) is 12.0. The van der Waals surface area contributed by atoms with Crippen molar-refractivity contribution >= 4 is 11.5 Å². The van der Waals surface area contributed by atoms with Crippen LogP contribution >= 0.6 is 0 Å². The molecular formula is C16H13N5O2. The number of hydrogen-bond acceptors (Lipinski definition) is 6. The minimum Gasteiger partial charge on any atom is -0.461 e. The van der Waals surface area contributed by atoms with Crippen LogP contribution in [0.4, 0.5) is 5.82 Å². The molecule has 7 heteroatoms. The van der Waals surface area contributed by atoms with Crippen molar-refractivity contribution in [3.05, 3.63) is 54.4 Å². The number of anilines is 1. The van der Waals surface area contributed by atoms with E-state index in [-0.39, 0.29) is 6.61 Å². The first-order valence-electron chi connectivity index (χ1n) is 7.01. The van der Waals surface area contributed by atoms with Crippen molar-refractivity contribution in [2.24, 2.45) is 0 Å². The molecular weight excluding hydrogens is 294 g/mol. The van der Waals surface area contributed by atoms with Gasteiger partial charge in [-0.2, -0.15) is 0 Å². The van der Waals surface area contributed by atoms with Crippen LogP contribution in [0.5, 0.6) is 0 Å². The molecule has 0 aliphatic carbocycles. The molecule has 114 valence electrons. The van der Waals surface area contributed by atoms with Crippen molar-refractivity contribution in [3.8, 4) is 22.8 Å². The minimum absolute atomic E-state index is 0.00443. The van der Waals surface area contributed by atoms with Crippen LogP contribution < -0.4 is 5.73 Å². The quantitative estimate of drug-likeness (QED) is 0.601. The van der Waals surface area contributed by atoms with Crippen molar-refractivity contribution in [3.63, 3.8) is 0 Å². The van der Waals surface area contributed by atoms with E-state index in [1.807, 2.05) is 24.3 Å². The molecule has 0 aliphatic heterocycles. The maximum atomic E-state index is 9.11. The lowest BCUT2D eigenvalue weighted by atomic mass is 10.1. The zero-order valence-corrected chi connectivity index (χ0v) is 12.0. The first-order chi connectivity index (χ1) is 11.2. The van der Waals surface area contributed by atoms with E-state index in [1.54, 1.807) is 29.1 Å². The number of aliphatic hydroxyl groups is 1. The number of nitrogens with two attached hydrogens (primary N) is 1. The monoisotopic (exact) mass is 307 g/mol. The molecule has 7 nitrogen and oxygen atoms in total. The molecule has 0 saturated carbocycles. The molecule has 4 aromatic rings. The third-order valence-electron chi connectivity index (χ3n) is 3.52. The number of benzene rings is 1. The van der Waals surface area contributed by atoms with Gasteiger partial charge in [-0.3, -0.25) is 0 Å². The summed E-state index contributed by atoms with van der Waals surface area (Å²) in [6, 6.07) is 11.0. The molecule has 0 spiro atoms. The highest BCUT2D eigenvalue weighted by Crippen LogP contribution is 2.23. The van der Waals surface area contributed by atoms with Crippen LogP contribution in [0.2, 0.25) is 0 Å². The Kier molecular flexibility index (Phi) is 3.06. The summed E-state index contributed by atoms with van der Waals surface area (Å²) in [6.45, 7) is 0.00443.